The predicted molar refractivity (Wildman–Crippen MR) is 53.9 cm³/mol. The summed E-state index contributed by atoms with van der Waals surface area (Å²) >= 11 is 0. The highest BCUT2D eigenvalue weighted by atomic mass is 16.2. The fourth-order valence-electron chi connectivity index (χ4n) is 0.767. The summed E-state index contributed by atoms with van der Waals surface area (Å²) in [6.07, 6.45) is 4.40. The largest absolute Gasteiger partial charge is 0.344 e. The molecule has 2 amide bonds. The Morgan fingerprint density at radius 3 is 2.60 bits per heavy atom. The van der Waals surface area contributed by atoms with Gasteiger partial charge in [-0.05, 0) is 6.07 Å². The van der Waals surface area contributed by atoms with Gasteiger partial charge in [-0.25, -0.2) is 9.97 Å². The predicted octanol–water partition coefficient (Wildman–Crippen LogP) is -0.283. The Hall–Kier alpha value is -2.24. The van der Waals surface area contributed by atoms with Crippen molar-refractivity contribution in [2.45, 2.75) is 0 Å². The maximum Gasteiger partial charge on any atom is 0.316 e. The zero-order chi connectivity index (χ0) is 11.1. The molecule has 0 radical (unpaired) electrons. The van der Waals surface area contributed by atoms with Crippen LogP contribution < -0.4 is 10.6 Å². The fraction of sp³-hybridized carbons (Fsp3) is 0.111. The molecule has 1 aromatic heterocycles. The number of anilines is 1. The van der Waals surface area contributed by atoms with Crippen LogP contribution in [-0.2, 0) is 9.59 Å². The molecule has 0 aliphatic rings. The Labute approximate surface area is 86.4 Å². The molecule has 0 saturated carbocycles. The van der Waals surface area contributed by atoms with Crippen molar-refractivity contribution in [3.63, 3.8) is 0 Å². The summed E-state index contributed by atoms with van der Waals surface area (Å²) in [6, 6.07) is 1.60. The van der Waals surface area contributed by atoms with E-state index in [1.54, 1.807) is 6.07 Å². The lowest BCUT2D eigenvalue weighted by Gasteiger charge is -2.02. The average molecular weight is 206 g/mol. The van der Waals surface area contributed by atoms with E-state index in [1.165, 1.54) is 18.5 Å². The molecule has 0 aliphatic heterocycles. The van der Waals surface area contributed by atoms with Gasteiger partial charge in [0, 0.05) is 18.9 Å². The molecule has 0 atom stereocenters. The summed E-state index contributed by atoms with van der Waals surface area (Å²) < 4.78 is 0. The number of nitrogens with zero attached hydrogens (tertiary/aromatic N) is 2. The Morgan fingerprint density at radius 1 is 1.33 bits per heavy atom. The van der Waals surface area contributed by atoms with Gasteiger partial charge in [0.25, 0.3) is 0 Å². The van der Waals surface area contributed by atoms with Gasteiger partial charge in [0.15, 0.2) is 0 Å². The summed E-state index contributed by atoms with van der Waals surface area (Å²) in [5.74, 6) is -1.46. The summed E-state index contributed by atoms with van der Waals surface area (Å²) in [5, 5.41) is 4.57. The number of rotatable bonds is 3. The maximum atomic E-state index is 11.2. The molecule has 1 aromatic rings. The SMILES string of the molecule is C=CCNC(=O)C(=O)Nc1ncccn1. The van der Waals surface area contributed by atoms with Gasteiger partial charge < -0.3 is 5.32 Å². The molecule has 6 nitrogen and oxygen atoms in total. The van der Waals surface area contributed by atoms with E-state index < -0.39 is 11.8 Å². The number of amides is 2. The molecule has 15 heavy (non-hydrogen) atoms. The van der Waals surface area contributed by atoms with Crippen LogP contribution in [0.2, 0.25) is 0 Å². The van der Waals surface area contributed by atoms with Gasteiger partial charge in [0.2, 0.25) is 5.95 Å². The van der Waals surface area contributed by atoms with Crippen LogP contribution in [-0.4, -0.2) is 28.3 Å². The monoisotopic (exact) mass is 206 g/mol. The number of hydrogen-bond donors (Lipinski definition) is 2. The number of carbonyl (C=O) groups excluding carboxylic acids is 2. The van der Waals surface area contributed by atoms with Gasteiger partial charge in [-0.2, -0.15) is 0 Å². The van der Waals surface area contributed by atoms with Gasteiger partial charge in [-0.1, -0.05) is 6.08 Å². The molecule has 0 bridgehead atoms. The van der Waals surface area contributed by atoms with Crippen molar-refractivity contribution in [2.24, 2.45) is 0 Å². The highest BCUT2D eigenvalue weighted by Crippen LogP contribution is 1.92. The molecular formula is C9H10N4O2. The summed E-state index contributed by atoms with van der Waals surface area (Å²) in [4.78, 5) is 29.7. The second-order valence-corrected chi connectivity index (χ2v) is 2.53. The summed E-state index contributed by atoms with van der Waals surface area (Å²) in [7, 11) is 0. The lowest BCUT2D eigenvalue weighted by molar-refractivity contribution is -0.136. The third-order valence-electron chi connectivity index (χ3n) is 1.40. The van der Waals surface area contributed by atoms with Crippen molar-refractivity contribution in [3.8, 4) is 0 Å². The second-order valence-electron chi connectivity index (χ2n) is 2.53. The zero-order valence-corrected chi connectivity index (χ0v) is 7.93. The number of hydrogen-bond acceptors (Lipinski definition) is 4. The standard InChI is InChI=1S/C9H10N4O2/c1-2-4-10-7(14)8(15)13-9-11-5-3-6-12-9/h2-3,5-6H,1,4H2,(H,10,14)(H,11,12,13,15). The molecule has 0 saturated heterocycles. The first kappa shape index (κ1) is 10.8. The first-order chi connectivity index (χ1) is 7.24. The van der Waals surface area contributed by atoms with E-state index >= 15 is 0 Å². The molecule has 0 unspecified atom stereocenters. The molecular weight excluding hydrogens is 196 g/mol. The van der Waals surface area contributed by atoms with E-state index in [0.717, 1.165) is 0 Å². The van der Waals surface area contributed by atoms with Gasteiger partial charge in [0.1, 0.15) is 0 Å². The number of nitrogens with one attached hydrogen (secondary N) is 2. The third-order valence-corrected chi connectivity index (χ3v) is 1.40. The lowest BCUT2D eigenvalue weighted by atomic mass is 10.5. The molecule has 0 spiro atoms. The highest BCUT2D eigenvalue weighted by Gasteiger charge is 2.12. The minimum atomic E-state index is -0.803. The zero-order valence-electron chi connectivity index (χ0n) is 7.93. The molecule has 0 fully saturated rings. The number of aromatic nitrogens is 2. The smallest absolute Gasteiger partial charge is 0.316 e. The maximum absolute atomic E-state index is 11.2. The minimum Gasteiger partial charge on any atom is -0.344 e. The molecule has 78 valence electrons. The molecule has 0 aromatic carbocycles. The van der Waals surface area contributed by atoms with Crippen molar-refractivity contribution in [3.05, 3.63) is 31.1 Å². The highest BCUT2D eigenvalue weighted by molar-refractivity contribution is 6.39. The molecule has 6 heteroatoms. The van der Waals surface area contributed by atoms with Gasteiger partial charge >= 0.3 is 11.8 Å². The molecule has 0 aliphatic carbocycles. The number of carbonyl (C=O) groups is 2. The quantitative estimate of drug-likeness (QED) is 0.526. The average Bonchev–Trinajstić information content (AvgIpc) is 2.27. The summed E-state index contributed by atoms with van der Waals surface area (Å²) in [6.45, 7) is 3.64. The van der Waals surface area contributed by atoms with Crippen molar-refractivity contribution in [1.29, 1.82) is 0 Å². The van der Waals surface area contributed by atoms with Crippen LogP contribution in [0, 0.1) is 0 Å². The van der Waals surface area contributed by atoms with E-state index in [4.69, 9.17) is 0 Å². The first-order valence-corrected chi connectivity index (χ1v) is 4.21. The van der Waals surface area contributed by atoms with Crippen molar-refractivity contribution in [1.82, 2.24) is 15.3 Å². The lowest BCUT2D eigenvalue weighted by Crippen LogP contribution is -2.35. The van der Waals surface area contributed by atoms with Crippen molar-refractivity contribution in [2.75, 3.05) is 11.9 Å². The van der Waals surface area contributed by atoms with E-state index in [0.29, 0.717) is 0 Å². The van der Waals surface area contributed by atoms with E-state index in [2.05, 4.69) is 27.2 Å². The fourth-order valence-corrected chi connectivity index (χ4v) is 0.767. The minimum absolute atomic E-state index is 0.0938. The normalized spacial score (nSPS) is 9.07. The van der Waals surface area contributed by atoms with Crippen molar-refractivity contribution < 1.29 is 9.59 Å². The van der Waals surface area contributed by atoms with Gasteiger partial charge in [-0.3, -0.25) is 14.9 Å². The Bertz CT molecular complexity index is 364. The van der Waals surface area contributed by atoms with Crippen LogP contribution in [0.3, 0.4) is 0 Å². The Kier molecular flexibility index (Phi) is 3.96. The van der Waals surface area contributed by atoms with Gasteiger partial charge in [-0.15, -0.1) is 6.58 Å². The Morgan fingerprint density at radius 2 is 2.00 bits per heavy atom. The van der Waals surface area contributed by atoms with E-state index in [-0.39, 0.29) is 12.5 Å². The summed E-state index contributed by atoms with van der Waals surface area (Å²) in [5.41, 5.74) is 0. The van der Waals surface area contributed by atoms with Crippen LogP contribution >= 0.6 is 0 Å². The first-order valence-electron chi connectivity index (χ1n) is 4.21. The molecule has 2 N–H and O–H groups in total. The van der Waals surface area contributed by atoms with Crippen LogP contribution in [0.25, 0.3) is 0 Å². The van der Waals surface area contributed by atoms with Crippen LogP contribution in [0.15, 0.2) is 31.1 Å². The van der Waals surface area contributed by atoms with E-state index in [9.17, 15) is 9.59 Å². The third kappa shape index (κ3) is 3.55. The van der Waals surface area contributed by atoms with Gasteiger partial charge in [0.05, 0.1) is 0 Å². The Balaban J connectivity index is 2.49. The van der Waals surface area contributed by atoms with Crippen LogP contribution in [0.5, 0.6) is 0 Å². The topological polar surface area (TPSA) is 84.0 Å². The molecule has 1 rings (SSSR count). The second kappa shape index (κ2) is 5.48. The molecule has 1 heterocycles. The van der Waals surface area contributed by atoms with Crippen LogP contribution in [0.4, 0.5) is 5.95 Å². The van der Waals surface area contributed by atoms with Crippen molar-refractivity contribution >= 4 is 17.8 Å². The van der Waals surface area contributed by atoms with E-state index in [1.807, 2.05) is 0 Å². The van der Waals surface area contributed by atoms with Crippen LogP contribution in [0.1, 0.15) is 0 Å².